The molecule has 1 aromatic carbocycles. The number of carbonyl (C=O) groups is 1. The van der Waals surface area contributed by atoms with Crippen molar-refractivity contribution in [2.75, 3.05) is 13.7 Å². The van der Waals surface area contributed by atoms with Crippen molar-refractivity contribution in [1.29, 1.82) is 0 Å². The average molecular weight is 222 g/mol. The summed E-state index contributed by atoms with van der Waals surface area (Å²) in [7, 11) is 1.62. The van der Waals surface area contributed by atoms with Crippen LogP contribution in [0.4, 0.5) is 0 Å². The van der Waals surface area contributed by atoms with Crippen LogP contribution in [-0.4, -0.2) is 25.6 Å². The lowest BCUT2D eigenvalue weighted by molar-refractivity contribution is -0.120. The number of benzene rings is 1. The van der Waals surface area contributed by atoms with Crippen molar-refractivity contribution in [3.63, 3.8) is 0 Å². The van der Waals surface area contributed by atoms with Gasteiger partial charge in [-0.2, -0.15) is 0 Å². The molecule has 0 saturated heterocycles. The predicted molar refractivity (Wildman–Crippen MR) is 63.4 cm³/mol. The topological polar surface area (TPSA) is 64.3 Å². The minimum absolute atomic E-state index is 0.0110. The molecule has 0 aromatic heterocycles. The van der Waals surface area contributed by atoms with E-state index in [4.69, 9.17) is 10.5 Å². The molecule has 0 radical (unpaired) electrons. The highest BCUT2D eigenvalue weighted by Gasteiger charge is 2.06. The Morgan fingerprint density at radius 2 is 2.06 bits per heavy atom. The van der Waals surface area contributed by atoms with E-state index in [2.05, 4.69) is 5.32 Å². The first-order valence-corrected chi connectivity index (χ1v) is 5.28. The number of hydrogen-bond donors (Lipinski definition) is 2. The van der Waals surface area contributed by atoms with Crippen LogP contribution >= 0.6 is 0 Å². The lowest BCUT2D eigenvalue weighted by Gasteiger charge is -2.11. The van der Waals surface area contributed by atoms with Crippen molar-refractivity contribution in [3.8, 4) is 5.75 Å². The highest BCUT2D eigenvalue weighted by molar-refractivity contribution is 5.78. The molecule has 0 heterocycles. The fourth-order valence-electron chi connectivity index (χ4n) is 1.31. The Balaban J connectivity index is 2.49. The molecule has 0 unspecified atom stereocenters. The predicted octanol–water partition coefficient (Wildman–Crippen LogP) is 0.701. The van der Waals surface area contributed by atoms with Gasteiger partial charge in [0.15, 0.2) is 0 Å². The Hall–Kier alpha value is -1.55. The van der Waals surface area contributed by atoms with E-state index in [0.29, 0.717) is 13.0 Å². The fourth-order valence-corrected chi connectivity index (χ4v) is 1.31. The quantitative estimate of drug-likeness (QED) is 0.771. The van der Waals surface area contributed by atoms with Crippen LogP contribution < -0.4 is 15.8 Å². The summed E-state index contributed by atoms with van der Waals surface area (Å²) in [6, 6.07) is 7.46. The van der Waals surface area contributed by atoms with E-state index >= 15 is 0 Å². The van der Waals surface area contributed by atoms with Crippen LogP contribution in [0.5, 0.6) is 5.75 Å². The van der Waals surface area contributed by atoms with E-state index in [1.807, 2.05) is 31.2 Å². The van der Waals surface area contributed by atoms with Crippen LogP contribution in [0.25, 0.3) is 0 Å². The summed E-state index contributed by atoms with van der Waals surface area (Å²) in [5, 5.41) is 2.81. The molecule has 0 aliphatic heterocycles. The molecular weight excluding hydrogens is 204 g/mol. The summed E-state index contributed by atoms with van der Waals surface area (Å²) < 4.78 is 5.04. The van der Waals surface area contributed by atoms with E-state index < -0.39 is 0 Å². The van der Waals surface area contributed by atoms with Gasteiger partial charge in [-0.3, -0.25) is 4.79 Å². The SMILES string of the molecule is COc1ccc(CC(=O)N[C@@H](C)CN)cc1. The molecule has 0 spiro atoms. The number of amides is 1. The molecule has 0 fully saturated rings. The Bertz CT molecular complexity index is 335. The van der Waals surface area contributed by atoms with Crippen molar-refractivity contribution in [2.45, 2.75) is 19.4 Å². The minimum Gasteiger partial charge on any atom is -0.497 e. The zero-order chi connectivity index (χ0) is 12.0. The lowest BCUT2D eigenvalue weighted by atomic mass is 10.1. The van der Waals surface area contributed by atoms with Gasteiger partial charge in [0.2, 0.25) is 5.91 Å². The van der Waals surface area contributed by atoms with E-state index in [1.165, 1.54) is 0 Å². The highest BCUT2D eigenvalue weighted by Crippen LogP contribution is 2.11. The monoisotopic (exact) mass is 222 g/mol. The standard InChI is InChI=1S/C12H18N2O2/c1-9(8-13)14-12(15)7-10-3-5-11(16-2)6-4-10/h3-6,9H,7-8,13H2,1-2H3,(H,14,15)/t9-/m0/s1. The summed E-state index contributed by atoms with van der Waals surface area (Å²) in [6.07, 6.45) is 0.369. The van der Waals surface area contributed by atoms with Gasteiger partial charge in [0.1, 0.15) is 5.75 Å². The van der Waals surface area contributed by atoms with Crippen LogP contribution in [0.15, 0.2) is 24.3 Å². The molecule has 0 aliphatic rings. The first kappa shape index (κ1) is 12.5. The fraction of sp³-hybridized carbons (Fsp3) is 0.417. The maximum absolute atomic E-state index is 11.5. The van der Waals surface area contributed by atoms with Crippen LogP contribution in [0.1, 0.15) is 12.5 Å². The number of methoxy groups -OCH3 is 1. The summed E-state index contributed by atoms with van der Waals surface area (Å²) >= 11 is 0. The van der Waals surface area contributed by atoms with Gasteiger partial charge in [-0.25, -0.2) is 0 Å². The normalized spacial score (nSPS) is 11.9. The van der Waals surface area contributed by atoms with Gasteiger partial charge < -0.3 is 15.8 Å². The van der Waals surface area contributed by atoms with Crippen molar-refractivity contribution < 1.29 is 9.53 Å². The van der Waals surface area contributed by atoms with Gasteiger partial charge in [-0.1, -0.05) is 12.1 Å². The number of rotatable bonds is 5. The Morgan fingerprint density at radius 1 is 1.44 bits per heavy atom. The Morgan fingerprint density at radius 3 is 2.56 bits per heavy atom. The number of ether oxygens (including phenoxy) is 1. The second kappa shape index (κ2) is 6.12. The number of carbonyl (C=O) groups excluding carboxylic acids is 1. The lowest BCUT2D eigenvalue weighted by Crippen LogP contribution is -2.38. The first-order valence-electron chi connectivity index (χ1n) is 5.28. The smallest absolute Gasteiger partial charge is 0.224 e. The maximum atomic E-state index is 11.5. The number of nitrogens with two attached hydrogens (primary N) is 1. The van der Waals surface area contributed by atoms with Gasteiger partial charge in [0, 0.05) is 12.6 Å². The molecule has 0 aliphatic carbocycles. The molecule has 1 rings (SSSR count). The second-order valence-electron chi connectivity index (χ2n) is 3.73. The first-order chi connectivity index (χ1) is 7.65. The van der Waals surface area contributed by atoms with E-state index in [9.17, 15) is 4.79 Å². The molecule has 1 atom stereocenters. The van der Waals surface area contributed by atoms with Gasteiger partial charge >= 0.3 is 0 Å². The molecule has 4 heteroatoms. The van der Waals surface area contributed by atoms with E-state index in [-0.39, 0.29) is 11.9 Å². The molecule has 0 bridgehead atoms. The zero-order valence-corrected chi connectivity index (χ0v) is 9.69. The molecule has 3 N–H and O–H groups in total. The molecule has 16 heavy (non-hydrogen) atoms. The minimum atomic E-state index is -0.0110. The molecular formula is C12H18N2O2. The molecule has 4 nitrogen and oxygen atoms in total. The molecule has 88 valence electrons. The van der Waals surface area contributed by atoms with Gasteiger partial charge in [-0.15, -0.1) is 0 Å². The third kappa shape index (κ3) is 3.90. The van der Waals surface area contributed by atoms with Gasteiger partial charge in [0.25, 0.3) is 0 Å². The van der Waals surface area contributed by atoms with Crippen LogP contribution in [-0.2, 0) is 11.2 Å². The summed E-state index contributed by atoms with van der Waals surface area (Å²) in [4.78, 5) is 11.5. The summed E-state index contributed by atoms with van der Waals surface area (Å²) in [5.41, 5.74) is 6.38. The molecule has 1 amide bonds. The third-order valence-electron chi connectivity index (χ3n) is 2.28. The summed E-state index contributed by atoms with van der Waals surface area (Å²) in [6.45, 7) is 2.33. The number of nitrogens with one attached hydrogen (secondary N) is 1. The molecule has 1 aromatic rings. The van der Waals surface area contributed by atoms with Crippen LogP contribution in [0, 0.1) is 0 Å². The highest BCUT2D eigenvalue weighted by atomic mass is 16.5. The summed E-state index contributed by atoms with van der Waals surface area (Å²) in [5.74, 6) is 0.780. The Kier molecular flexibility index (Phi) is 4.79. The second-order valence-corrected chi connectivity index (χ2v) is 3.73. The molecule has 0 saturated carbocycles. The van der Waals surface area contributed by atoms with Gasteiger partial charge in [-0.05, 0) is 24.6 Å². The third-order valence-corrected chi connectivity index (χ3v) is 2.28. The largest absolute Gasteiger partial charge is 0.497 e. The van der Waals surface area contributed by atoms with Gasteiger partial charge in [0.05, 0.1) is 13.5 Å². The number of hydrogen-bond acceptors (Lipinski definition) is 3. The average Bonchev–Trinajstić information content (AvgIpc) is 2.29. The maximum Gasteiger partial charge on any atom is 0.224 e. The zero-order valence-electron chi connectivity index (χ0n) is 9.69. The van der Waals surface area contributed by atoms with E-state index in [1.54, 1.807) is 7.11 Å². The van der Waals surface area contributed by atoms with Crippen molar-refractivity contribution in [2.24, 2.45) is 5.73 Å². The van der Waals surface area contributed by atoms with Crippen LogP contribution in [0.2, 0.25) is 0 Å². The van der Waals surface area contributed by atoms with Crippen LogP contribution in [0.3, 0.4) is 0 Å². The van der Waals surface area contributed by atoms with Crippen molar-refractivity contribution in [3.05, 3.63) is 29.8 Å². The Labute approximate surface area is 95.8 Å². The van der Waals surface area contributed by atoms with Crippen molar-refractivity contribution >= 4 is 5.91 Å². The van der Waals surface area contributed by atoms with Crippen molar-refractivity contribution in [1.82, 2.24) is 5.32 Å². The van der Waals surface area contributed by atoms with E-state index in [0.717, 1.165) is 11.3 Å².